The molecule has 0 unspecified atom stereocenters. The highest BCUT2D eigenvalue weighted by Crippen LogP contribution is 2.08. The zero-order valence-corrected chi connectivity index (χ0v) is 7.68. The van der Waals surface area contributed by atoms with Gasteiger partial charge in [0.2, 0.25) is 0 Å². The van der Waals surface area contributed by atoms with Crippen LogP contribution in [0.1, 0.15) is 0 Å². The first-order valence-electron chi connectivity index (χ1n) is 4.09. The molecule has 1 aromatic carbocycles. The van der Waals surface area contributed by atoms with Crippen molar-refractivity contribution in [3.63, 3.8) is 0 Å². The molecule has 0 fully saturated rings. The zero-order valence-electron chi connectivity index (χ0n) is 7.68. The smallest absolute Gasteiger partial charge is 0.352 e. The molecule has 0 atom stereocenters. The monoisotopic (exact) mass is 207 g/mol. The van der Waals surface area contributed by atoms with E-state index < -0.39 is 11.9 Å². The molecule has 5 heteroatoms. The van der Waals surface area contributed by atoms with Crippen molar-refractivity contribution in [2.24, 2.45) is 0 Å². The standard InChI is InChI=1S/C10H9NO4/c12-9(13)6-8(10(14)15)11-7-4-2-1-3-5-7/h1-6,11H,(H,12,13)(H,14,15)/b8-6-. The minimum Gasteiger partial charge on any atom is -0.478 e. The van der Waals surface area contributed by atoms with Gasteiger partial charge in [-0.3, -0.25) is 0 Å². The number of nitrogens with one attached hydrogen (secondary N) is 1. The highest BCUT2D eigenvalue weighted by Gasteiger charge is 2.08. The summed E-state index contributed by atoms with van der Waals surface area (Å²) < 4.78 is 0. The van der Waals surface area contributed by atoms with Gasteiger partial charge in [-0.25, -0.2) is 9.59 Å². The van der Waals surface area contributed by atoms with Gasteiger partial charge in [-0.05, 0) is 12.1 Å². The molecule has 0 amide bonds. The van der Waals surface area contributed by atoms with Gasteiger partial charge in [0, 0.05) is 5.69 Å². The fourth-order valence-corrected chi connectivity index (χ4v) is 0.952. The second-order valence-electron chi connectivity index (χ2n) is 2.69. The quantitative estimate of drug-likeness (QED) is 0.645. The van der Waals surface area contributed by atoms with Gasteiger partial charge >= 0.3 is 11.9 Å². The second-order valence-corrected chi connectivity index (χ2v) is 2.69. The van der Waals surface area contributed by atoms with E-state index in [1.807, 2.05) is 0 Å². The second kappa shape index (κ2) is 4.80. The molecule has 5 nitrogen and oxygen atoms in total. The number of carbonyl (C=O) groups is 2. The van der Waals surface area contributed by atoms with Gasteiger partial charge in [0.1, 0.15) is 5.70 Å². The van der Waals surface area contributed by atoms with E-state index in [1.165, 1.54) is 0 Å². The number of carboxylic acids is 2. The Hall–Kier alpha value is -2.30. The minimum absolute atomic E-state index is 0.381. The van der Waals surface area contributed by atoms with E-state index in [-0.39, 0.29) is 5.70 Å². The van der Waals surface area contributed by atoms with Crippen molar-refractivity contribution in [1.29, 1.82) is 0 Å². The van der Waals surface area contributed by atoms with Crippen molar-refractivity contribution < 1.29 is 19.8 Å². The number of anilines is 1. The highest BCUT2D eigenvalue weighted by atomic mass is 16.4. The summed E-state index contributed by atoms with van der Waals surface area (Å²) in [6.07, 6.45) is 0.606. The van der Waals surface area contributed by atoms with E-state index in [2.05, 4.69) is 5.32 Å². The van der Waals surface area contributed by atoms with Gasteiger partial charge in [0.25, 0.3) is 0 Å². The lowest BCUT2D eigenvalue weighted by atomic mass is 10.3. The molecule has 78 valence electrons. The van der Waals surface area contributed by atoms with E-state index in [4.69, 9.17) is 10.2 Å². The largest absolute Gasteiger partial charge is 0.478 e. The third-order valence-electron chi connectivity index (χ3n) is 1.55. The predicted octanol–water partition coefficient (Wildman–Crippen LogP) is 1.15. The summed E-state index contributed by atoms with van der Waals surface area (Å²) in [6, 6.07) is 8.47. The first-order chi connectivity index (χ1) is 7.09. The van der Waals surface area contributed by atoms with E-state index in [0.29, 0.717) is 11.8 Å². The molecule has 1 aromatic rings. The summed E-state index contributed by atoms with van der Waals surface area (Å²) in [4.78, 5) is 21.0. The van der Waals surface area contributed by atoms with Gasteiger partial charge in [-0.1, -0.05) is 18.2 Å². The third kappa shape index (κ3) is 3.51. The Kier molecular flexibility index (Phi) is 3.45. The Labute approximate surface area is 85.7 Å². The van der Waals surface area contributed by atoms with Crippen LogP contribution in [-0.2, 0) is 9.59 Å². The molecule has 0 aliphatic carbocycles. The van der Waals surface area contributed by atoms with E-state index in [1.54, 1.807) is 30.3 Å². The Bertz CT molecular complexity index is 397. The van der Waals surface area contributed by atoms with Crippen LogP contribution in [0.4, 0.5) is 5.69 Å². The molecule has 0 saturated carbocycles. The van der Waals surface area contributed by atoms with Crippen LogP contribution >= 0.6 is 0 Å². The lowest BCUT2D eigenvalue weighted by molar-refractivity contribution is -0.134. The molecule has 0 spiro atoms. The van der Waals surface area contributed by atoms with Crippen LogP contribution in [0, 0.1) is 0 Å². The van der Waals surface area contributed by atoms with Crippen molar-refractivity contribution in [2.45, 2.75) is 0 Å². The Morgan fingerprint density at radius 1 is 1.13 bits per heavy atom. The fraction of sp³-hybridized carbons (Fsp3) is 0. The van der Waals surface area contributed by atoms with Gasteiger partial charge in [-0.2, -0.15) is 0 Å². The lowest BCUT2D eigenvalue weighted by Gasteiger charge is -2.05. The maximum atomic E-state index is 10.6. The lowest BCUT2D eigenvalue weighted by Crippen LogP contribution is -2.12. The van der Waals surface area contributed by atoms with Crippen molar-refractivity contribution in [3.05, 3.63) is 42.1 Å². The van der Waals surface area contributed by atoms with E-state index >= 15 is 0 Å². The molecule has 0 bridgehead atoms. The zero-order chi connectivity index (χ0) is 11.3. The topological polar surface area (TPSA) is 86.6 Å². The maximum Gasteiger partial charge on any atom is 0.352 e. The van der Waals surface area contributed by atoms with Crippen LogP contribution in [0.2, 0.25) is 0 Å². The van der Waals surface area contributed by atoms with E-state index in [9.17, 15) is 9.59 Å². The highest BCUT2D eigenvalue weighted by molar-refractivity contribution is 5.97. The number of benzene rings is 1. The van der Waals surface area contributed by atoms with Crippen LogP contribution in [0.5, 0.6) is 0 Å². The first-order valence-corrected chi connectivity index (χ1v) is 4.09. The average molecular weight is 207 g/mol. The number of para-hydroxylation sites is 1. The van der Waals surface area contributed by atoms with Crippen LogP contribution in [0.15, 0.2) is 42.1 Å². The van der Waals surface area contributed by atoms with Crippen LogP contribution < -0.4 is 5.32 Å². The normalized spacial score (nSPS) is 10.8. The molecule has 0 heterocycles. The SMILES string of the molecule is O=C(O)/C=C(\Nc1ccccc1)C(=O)O. The number of hydrogen-bond acceptors (Lipinski definition) is 3. The van der Waals surface area contributed by atoms with Crippen molar-refractivity contribution in [3.8, 4) is 0 Å². The molecule has 3 N–H and O–H groups in total. The summed E-state index contributed by atoms with van der Waals surface area (Å²) in [5.74, 6) is -2.63. The van der Waals surface area contributed by atoms with Crippen molar-refractivity contribution in [2.75, 3.05) is 5.32 Å². The average Bonchev–Trinajstić information content (AvgIpc) is 2.17. The molecule has 0 aromatic heterocycles. The number of rotatable bonds is 4. The van der Waals surface area contributed by atoms with Crippen LogP contribution in [0.3, 0.4) is 0 Å². The Balaban J connectivity index is 2.86. The summed E-state index contributed by atoms with van der Waals surface area (Å²) in [5.41, 5.74) is 0.140. The molecule has 1 rings (SSSR count). The minimum atomic E-state index is -1.32. The van der Waals surface area contributed by atoms with Gasteiger partial charge < -0.3 is 15.5 Å². The summed E-state index contributed by atoms with van der Waals surface area (Å²) in [7, 11) is 0. The van der Waals surface area contributed by atoms with Crippen LogP contribution in [-0.4, -0.2) is 22.2 Å². The molecule has 0 aliphatic heterocycles. The Morgan fingerprint density at radius 3 is 2.20 bits per heavy atom. The number of hydrogen-bond donors (Lipinski definition) is 3. The predicted molar refractivity (Wildman–Crippen MR) is 53.4 cm³/mol. The number of aliphatic carboxylic acids is 2. The maximum absolute atomic E-state index is 10.6. The van der Waals surface area contributed by atoms with Gasteiger partial charge in [-0.15, -0.1) is 0 Å². The summed E-state index contributed by atoms with van der Waals surface area (Å²) in [5, 5.41) is 19.6. The molecular formula is C10H9NO4. The molecular weight excluding hydrogens is 198 g/mol. The van der Waals surface area contributed by atoms with Gasteiger partial charge in [0.05, 0.1) is 6.08 Å². The molecule has 15 heavy (non-hydrogen) atoms. The number of carboxylic acid groups (broad SMARTS) is 2. The van der Waals surface area contributed by atoms with Gasteiger partial charge in [0.15, 0.2) is 0 Å². The summed E-state index contributed by atoms with van der Waals surface area (Å²) >= 11 is 0. The van der Waals surface area contributed by atoms with Crippen molar-refractivity contribution in [1.82, 2.24) is 0 Å². The van der Waals surface area contributed by atoms with E-state index in [0.717, 1.165) is 0 Å². The molecule has 0 aliphatic rings. The first kappa shape index (κ1) is 10.8. The molecule has 0 saturated heterocycles. The molecule has 0 radical (unpaired) electrons. The summed E-state index contributed by atoms with van der Waals surface area (Å²) in [6.45, 7) is 0. The third-order valence-corrected chi connectivity index (χ3v) is 1.55. The van der Waals surface area contributed by atoms with Crippen molar-refractivity contribution >= 4 is 17.6 Å². The Morgan fingerprint density at radius 2 is 1.73 bits per heavy atom. The van der Waals surface area contributed by atoms with Crippen LogP contribution in [0.25, 0.3) is 0 Å². The fourth-order valence-electron chi connectivity index (χ4n) is 0.952.